The molecule has 1 atom stereocenters. The Morgan fingerprint density at radius 3 is 2.59 bits per heavy atom. The molecule has 2 aromatic rings. The summed E-state index contributed by atoms with van der Waals surface area (Å²) in [5.74, 6) is -0.360. The molecule has 0 aliphatic carbocycles. The van der Waals surface area contributed by atoms with Gasteiger partial charge in [0, 0.05) is 19.8 Å². The van der Waals surface area contributed by atoms with Gasteiger partial charge in [-0.2, -0.15) is 13.9 Å². The van der Waals surface area contributed by atoms with Crippen LogP contribution in [0.2, 0.25) is 0 Å². The lowest BCUT2D eigenvalue weighted by atomic mass is 10.1. The Balaban J connectivity index is 1.90. The quantitative estimate of drug-likeness (QED) is 0.847. The normalized spacial score (nSPS) is 12.2. The molecule has 0 aliphatic heterocycles. The Kier molecular flexibility index (Phi) is 5.05. The zero-order chi connectivity index (χ0) is 16.1. The highest BCUT2D eigenvalue weighted by atomic mass is 19.3. The highest BCUT2D eigenvalue weighted by Gasteiger charge is 2.13. The summed E-state index contributed by atoms with van der Waals surface area (Å²) in [6, 6.07) is 7.12. The lowest BCUT2D eigenvalue weighted by molar-refractivity contribution is -0.0498. The summed E-state index contributed by atoms with van der Waals surface area (Å²) in [6.45, 7) is -2.91. The highest BCUT2D eigenvalue weighted by molar-refractivity contribution is 5.92. The number of amides is 1. The molecular weight excluding hydrogens is 296 g/mol. The summed E-state index contributed by atoms with van der Waals surface area (Å²) in [5, 5.41) is 16.4. The number of ether oxygens (including phenoxy) is 1. The molecule has 0 saturated heterocycles. The van der Waals surface area contributed by atoms with Crippen molar-refractivity contribution >= 4 is 5.91 Å². The number of benzene rings is 1. The Morgan fingerprint density at radius 1 is 1.36 bits per heavy atom. The second-order valence-corrected chi connectivity index (χ2v) is 4.51. The molecule has 2 N–H and O–H groups in total. The van der Waals surface area contributed by atoms with Gasteiger partial charge in [0.15, 0.2) is 0 Å². The van der Waals surface area contributed by atoms with Gasteiger partial charge in [-0.3, -0.25) is 9.48 Å². The third-order valence-electron chi connectivity index (χ3n) is 3.00. The first kappa shape index (κ1) is 15.9. The molecule has 0 spiro atoms. The van der Waals surface area contributed by atoms with E-state index in [0.29, 0.717) is 11.3 Å². The van der Waals surface area contributed by atoms with Gasteiger partial charge >= 0.3 is 6.61 Å². The molecule has 6 nitrogen and oxygen atoms in total. The van der Waals surface area contributed by atoms with Crippen LogP contribution in [-0.2, 0) is 7.05 Å². The molecule has 1 heterocycles. The number of hydrogen-bond donors (Lipinski definition) is 2. The molecule has 0 saturated carbocycles. The SMILES string of the molecule is Cn1nccc1C(=O)NCC(O)c1ccc(OC(F)F)cc1. The van der Waals surface area contributed by atoms with Crippen LogP contribution in [0, 0.1) is 0 Å². The van der Waals surface area contributed by atoms with Crippen molar-refractivity contribution in [2.24, 2.45) is 7.05 Å². The number of nitrogens with one attached hydrogen (secondary N) is 1. The van der Waals surface area contributed by atoms with Crippen molar-refractivity contribution in [1.82, 2.24) is 15.1 Å². The molecule has 0 aliphatic rings. The molecule has 1 aromatic heterocycles. The number of aromatic nitrogens is 2. The number of rotatable bonds is 6. The van der Waals surface area contributed by atoms with Gasteiger partial charge in [0.05, 0.1) is 6.10 Å². The Labute approximate surface area is 125 Å². The van der Waals surface area contributed by atoms with E-state index in [1.54, 1.807) is 13.1 Å². The topological polar surface area (TPSA) is 76.4 Å². The summed E-state index contributed by atoms with van der Waals surface area (Å²) in [6.07, 6.45) is 0.533. The van der Waals surface area contributed by atoms with Crippen LogP contribution in [0.3, 0.4) is 0 Å². The van der Waals surface area contributed by atoms with Gasteiger partial charge in [0.25, 0.3) is 5.91 Å². The van der Waals surface area contributed by atoms with Crippen molar-refractivity contribution in [3.8, 4) is 5.75 Å². The van der Waals surface area contributed by atoms with Gasteiger partial charge in [-0.1, -0.05) is 12.1 Å². The summed E-state index contributed by atoms with van der Waals surface area (Å²) in [7, 11) is 1.63. The Morgan fingerprint density at radius 2 is 2.05 bits per heavy atom. The van der Waals surface area contributed by atoms with E-state index in [9.17, 15) is 18.7 Å². The molecule has 0 fully saturated rings. The molecular formula is C14H15F2N3O3. The molecule has 0 bridgehead atoms. The van der Waals surface area contributed by atoms with Crippen molar-refractivity contribution < 1.29 is 23.4 Å². The van der Waals surface area contributed by atoms with E-state index in [4.69, 9.17) is 0 Å². The minimum absolute atomic E-state index is 0.00451. The van der Waals surface area contributed by atoms with Gasteiger partial charge in [0.2, 0.25) is 0 Å². The number of carbonyl (C=O) groups excluding carboxylic acids is 1. The van der Waals surface area contributed by atoms with Gasteiger partial charge in [-0.25, -0.2) is 0 Å². The zero-order valence-electron chi connectivity index (χ0n) is 11.7. The number of aliphatic hydroxyl groups is 1. The highest BCUT2D eigenvalue weighted by Crippen LogP contribution is 2.19. The van der Waals surface area contributed by atoms with Crippen LogP contribution in [0.5, 0.6) is 5.75 Å². The van der Waals surface area contributed by atoms with Gasteiger partial charge in [-0.05, 0) is 23.8 Å². The Hall–Kier alpha value is -2.48. The summed E-state index contributed by atoms with van der Waals surface area (Å²) >= 11 is 0. The molecule has 2 rings (SSSR count). The van der Waals surface area contributed by atoms with Gasteiger partial charge in [-0.15, -0.1) is 0 Å². The molecule has 0 radical (unpaired) electrons. The number of hydrogen-bond acceptors (Lipinski definition) is 4. The second-order valence-electron chi connectivity index (χ2n) is 4.51. The second kappa shape index (κ2) is 6.99. The van der Waals surface area contributed by atoms with Crippen molar-refractivity contribution in [2.75, 3.05) is 6.54 Å². The molecule has 1 aromatic carbocycles. The van der Waals surface area contributed by atoms with E-state index in [1.165, 1.54) is 35.1 Å². The standard InChI is InChI=1S/C14H15F2N3O3/c1-19-11(6-7-18-19)13(21)17-8-12(20)9-2-4-10(5-3-9)22-14(15)16/h2-7,12,14,20H,8H2,1H3,(H,17,21). The first-order valence-electron chi connectivity index (χ1n) is 6.46. The maximum Gasteiger partial charge on any atom is 0.387 e. The number of aryl methyl sites for hydroxylation is 1. The van der Waals surface area contributed by atoms with Crippen LogP contribution < -0.4 is 10.1 Å². The smallest absolute Gasteiger partial charge is 0.387 e. The number of aliphatic hydroxyl groups excluding tert-OH is 1. The van der Waals surface area contributed by atoms with Crippen LogP contribution >= 0.6 is 0 Å². The van der Waals surface area contributed by atoms with Gasteiger partial charge < -0.3 is 15.2 Å². The predicted octanol–water partition coefficient (Wildman–Crippen LogP) is 1.48. The lowest BCUT2D eigenvalue weighted by Gasteiger charge is -2.13. The molecule has 22 heavy (non-hydrogen) atoms. The fourth-order valence-corrected chi connectivity index (χ4v) is 1.87. The Bertz CT molecular complexity index is 629. The van der Waals surface area contributed by atoms with Crippen LogP contribution in [0.25, 0.3) is 0 Å². The van der Waals surface area contributed by atoms with E-state index < -0.39 is 12.7 Å². The number of carbonyl (C=O) groups is 1. The lowest BCUT2D eigenvalue weighted by Crippen LogP contribution is -2.29. The van der Waals surface area contributed by atoms with Crippen LogP contribution in [-0.4, -0.2) is 34.0 Å². The first-order chi connectivity index (χ1) is 10.5. The van der Waals surface area contributed by atoms with Crippen LogP contribution in [0.4, 0.5) is 8.78 Å². The number of nitrogens with zero attached hydrogens (tertiary/aromatic N) is 2. The average molecular weight is 311 g/mol. The van der Waals surface area contributed by atoms with E-state index in [-0.39, 0.29) is 18.2 Å². The van der Waals surface area contributed by atoms with E-state index in [2.05, 4.69) is 15.2 Å². The predicted molar refractivity (Wildman–Crippen MR) is 73.6 cm³/mol. The first-order valence-corrected chi connectivity index (χ1v) is 6.46. The van der Waals surface area contributed by atoms with Crippen LogP contribution in [0.1, 0.15) is 22.2 Å². The largest absolute Gasteiger partial charge is 0.435 e. The molecule has 1 amide bonds. The molecule has 1 unspecified atom stereocenters. The van der Waals surface area contributed by atoms with Crippen molar-refractivity contribution in [3.63, 3.8) is 0 Å². The summed E-state index contributed by atoms with van der Waals surface area (Å²) in [5.41, 5.74) is 0.847. The number of halogens is 2. The molecule has 118 valence electrons. The van der Waals surface area contributed by atoms with E-state index in [1.807, 2.05) is 0 Å². The number of alkyl halides is 2. The maximum atomic E-state index is 12.0. The van der Waals surface area contributed by atoms with Gasteiger partial charge in [0.1, 0.15) is 11.4 Å². The monoisotopic (exact) mass is 311 g/mol. The zero-order valence-corrected chi connectivity index (χ0v) is 11.7. The third-order valence-corrected chi connectivity index (χ3v) is 3.00. The minimum atomic E-state index is -2.89. The molecule has 8 heteroatoms. The summed E-state index contributed by atoms with van der Waals surface area (Å²) < 4.78 is 29.7. The van der Waals surface area contributed by atoms with E-state index in [0.717, 1.165) is 0 Å². The van der Waals surface area contributed by atoms with Crippen molar-refractivity contribution in [1.29, 1.82) is 0 Å². The van der Waals surface area contributed by atoms with Crippen molar-refractivity contribution in [3.05, 3.63) is 47.8 Å². The average Bonchev–Trinajstić information content (AvgIpc) is 2.91. The van der Waals surface area contributed by atoms with Crippen LogP contribution in [0.15, 0.2) is 36.5 Å². The van der Waals surface area contributed by atoms with Crippen molar-refractivity contribution in [2.45, 2.75) is 12.7 Å². The minimum Gasteiger partial charge on any atom is -0.435 e. The third kappa shape index (κ3) is 4.01. The van der Waals surface area contributed by atoms with E-state index >= 15 is 0 Å². The summed E-state index contributed by atoms with van der Waals surface area (Å²) in [4.78, 5) is 11.9. The fraction of sp³-hybridized carbons (Fsp3) is 0.286. The fourth-order valence-electron chi connectivity index (χ4n) is 1.87. The maximum absolute atomic E-state index is 12.0.